The van der Waals surface area contributed by atoms with E-state index in [9.17, 15) is 0 Å². The number of anilines is 2. The van der Waals surface area contributed by atoms with Crippen LogP contribution in [0.15, 0.2) is 59.5 Å². The SMILES string of the molecule is CSc1ccc(Nc2ccccc2)cc1. The van der Waals surface area contributed by atoms with Crippen LogP contribution >= 0.6 is 11.8 Å². The molecule has 0 heterocycles. The summed E-state index contributed by atoms with van der Waals surface area (Å²) in [6.45, 7) is 0. The molecule has 2 heteroatoms. The predicted octanol–water partition coefficient (Wildman–Crippen LogP) is 4.15. The molecule has 0 saturated carbocycles. The Balaban J connectivity index is 2.11. The Morgan fingerprint density at radius 2 is 1.40 bits per heavy atom. The van der Waals surface area contributed by atoms with Crippen LogP contribution in [0.25, 0.3) is 0 Å². The van der Waals surface area contributed by atoms with Gasteiger partial charge in [-0.2, -0.15) is 0 Å². The molecule has 0 fully saturated rings. The van der Waals surface area contributed by atoms with Crippen LogP contribution in [0, 0.1) is 0 Å². The van der Waals surface area contributed by atoms with E-state index in [-0.39, 0.29) is 0 Å². The Bertz CT molecular complexity index is 408. The zero-order chi connectivity index (χ0) is 10.5. The minimum absolute atomic E-state index is 1.12. The van der Waals surface area contributed by atoms with Gasteiger partial charge in [0.25, 0.3) is 0 Å². The van der Waals surface area contributed by atoms with Crippen molar-refractivity contribution < 1.29 is 0 Å². The summed E-state index contributed by atoms with van der Waals surface area (Å²) in [6.07, 6.45) is 2.08. The van der Waals surface area contributed by atoms with Gasteiger partial charge in [0.15, 0.2) is 0 Å². The molecule has 0 aromatic heterocycles. The third-order valence-corrected chi connectivity index (χ3v) is 2.90. The van der Waals surface area contributed by atoms with Crippen LogP contribution in [0.1, 0.15) is 0 Å². The third kappa shape index (κ3) is 2.77. The summed E-state index contributed by atoms with van der Waals surface area (Å²) in [5.74, 6) is 0. The highest BCUT2D eigenvalue weighted by atomic mass is 32.2. The van der Waals surface area contributed by atoms with Gasteiger partial charge in [0.2, 0.25) is 0 Å². The smallest absolute Gasteiger partial charge is 0.0385 e. The van der Waals surface area contributed by atoms with Crippen molar-refractivity contribution in [1.82, 2.24) is 0 Å². The van der Waals surface area contributed by atoms with Crippen molar-refractivity contribution in [2.24, 2.45) is 0 Å². The number of nitrogens with one attached hydrogen (secondary N) is 1. The number of hydrogen-bond donors (Lipinski definition) is 1. The highest BCUT2D eigenvalue weighted by Gasteiger charge is 1.93. The maximum atomic E-state index is 3.35. The van der Waals surface area contributed by atoms with E-state index in [0.29, 0.717) is 0 Å². The molecule has 2 rings (SSSR count). The zero-order valence-electron chi connectivity index (χ0n) is 8.60. The molecule has 0 unspecified atom stereocenters. The molecule has 0 amide bonds. The fraction of sp³-hybridized carbons (Fsp3) is 0.0769. The number of rotatable bonds is 3. The first-order chi connectivity index (χ1) is 7.38. The molecule has 15 heavy (non-hydrogen) atoms. The van der Waals surface area contributed by atoms with Crippen molar-refractivity contribution in [1.29, 1.82) is 0 Å². The van der Waals surface area contributed by atoms with E-state index in [2.05, 4.69) is 48.0 Å². The highest BCUT2D eigenvalue weighted by molar-refractivity contribution is 7.98. The molecule has 1 nitrogen and oxygen atoms in total. The van der Waals surface area contributed by atoms with Gasteiger partial charge in [-0.15, -0.1) is 11.8 Å². The topological polar surface area (TPSA) is 12.0 Å². The molecule has 0 atom stereocenters. The molecule has 0 aliphatic rings. The Morgan fingerprint density at radius 3 is 2.00 bits per heavy atom. The fourth-order valence-electron chi connectivity index (χ4n) is 1.36. The Labute approximate surface area is 94.5 Å². The van der Waals surface area contributed by atoms with Crippen molar-refractivity contribution >= 4 is 23.1 Å². The van der Waals surface area contributed by atoms with Crippen LogP contribution in [0.2, 0.25) is 0 Å². The molecule has 1 N–H and O–H groups in total. The average molecular weight is 215 g/mol. The fourth-order valence-corrected chi connectivity index (χ4v) is 1.77. The van der Waals surface area contributed by atoms with Crippen molar-refractivity contribution in [3.63, 3.8) is 0 Å². The summed E-state index contributed by atoms with van der Waals surface area (Å²) >= 11 is 1.76. The molecule has 76 valence electrons. The number of hydrogen-bond acceptors (Lipinski definition) is 2. The second-order valence-corrected chi connectivity index (χ2v) is 4.10. The molecular formula is C13H13NS. The highest BCUT2D eigenvalue weighted by Crippen LogP contribution is 2.20. The van der Waals surface area contributed by atoms with Crippen molar-refractivity contribution in [3.05, 3.63) is 54.6 Å². The quantitative estimate of drug-likeness (QED) is 0.772. The largest absolute Gasteiger partial charge is 0.356 e. The standard InChI is InChI=1S/C13H13NS/c1-15-13-9-7-12(8-10-13)14-11-5-3-2-4-6-11/h2-10,14H,1H3. The molecule has 0 bridgehead atoms. The van der Waals surface area contributed by atoms with Crippen molar-refractivity contribution in [2.75, 3.05) is 11.6 Å². The monoisotopic (exact) mass is 215 g/mol. The van der Waals surface area contributed by atoms with E-state index in [1.165, 1.54) is 4.90 Å². The molecule has 0 radical (unpaired) electrons. The van der Waals surface area contributed by atoms with Gasteiger partial charge >= 0.3 is 0 Å². The lowest BCUT2D eigenvalue weighted by Gasteiger charge is -2.06. The van der Waals surface area contributed by atoms with Gasteiger partial charge < -0.3 is 5.32 Å². The number of benzene rings is 2. The first-order valence-corrected chi connectivity index (χ1v) is 6.07. The van der Waals surface area contributed by atoms with Gasteiger partial charge in [0.05, 0.1) is 0 Å². The first-order valence-electron chi connectivity index (χ1n) is 4.84. The maximum absolute atomic E-state index is 3.35. The van der Waals surface area contributed by atoms with Crippen molar-refractivity contribution in [3.8, 4) is 0 Å². The van der Waals surface area contributed by atoms with Crippen LogP contribution in [-0.4, -0.2) is 6.26 Å². The molecule has 0 aliphatic carbocycles. The number of thioether (sulfide) groups is 1. The summed E-state index contributed by atoms with van der Waals surface area (Å²) in [5, 5.41) is 3.35. The lowest BCUT2D eigenvalue weighted by molar-refractivity contribution is 1.44. The van der Waals surface area contributed by atoms with E-state index in [4.69, 9.17) is 0 Å². The van der Waals surface area contributed by atoms with Crippen LogP contribution in [0.5, 0.6) is 0 Å². The summed E-state index contributed by atoms with van der Waals surface area (Å²) in [7, 11) is 0. The van der Waals surface area contributed by atoms with Crippen LogP contribution in [0.3, 0.4) is 0 Å². The van der Waals surface area contributed by atoms with Crippen LogP contribution in [0.4, 0.5) is 11.4 Å². The van der Waals surface area contributed by atoms with E-state index >= 15 is 0 Å². The van der Waals surface area contributed by atoms with Crippen LogP contribution in [-0.2, 0) is 0 Å². The number of para-hydroxylation sites is 1. The summed E-state index contributed by atoms with van der Waals surface area (Å²) in [5.41, 5.74) is 2.24. The summed E-state index contributed by atoms with van der Waals surface area (Å²) in [4.78, 5) is 1.29. The summed E-state index contributed by atoms with van der Waals surface area (Å²) < 4.78 is 0. The van der Waals surface area contributed by atoms with Gasteiger partial charge in [-0.3, -0.25) is 0 Å². The van der Waals surface area contributed by atoms with Gasteiger partial charge in [0.1, 0.15) is 0 Å². The average Bonchev–Trinajstić information content (AvgIpc) is 2.31. The summed E-state index contributed by atoms with van der Waals surface area (Å²) in [6, 6.07) is 18.6. The van der Waals surface area contributed by atoms with E-state index in [1.54, 1.807) is 11.8 Å². The van der Waals surface area contributed by atoms with Gasteiger partial charge in [-0.05, 0) is 42.7 Å². The van der Waals surface area contributed by atoms with E-state index in [0.717, 1.165) is 11.4 Å². The van der Waals surface area contributed by atoms with E-state index in [1.807, 2.05) is 18.2 Å². The lowest BCUT2D eigenvalue weighted by atomic mass is 10.3. The molecule has 0 aliphatic heterocycles. The molecule has 2 aromatic rings. The second kappa shape index (κ2) is 4.89. The molecular weight excluding hydrogens is 202 g/mol. The zero-order valence-corrected chi connectivity index (χ0v) is 9.42. The minimum atomic E-state index is 1.12. The van der Waals surface area contributed by atoms with Gasteiger partial charge in [-0.1, -0.05) is 18.2 Å². The predicted molar refractivity (Wildman–Crippen MR) is 67.9 cm³/mol. The van der Waals surface area contributed by atoms with Crippen molar-refractivity contribution in [2.45, 2.75) is 4.90 Å². The Morgan fingerprint density at radius 1 is 0.800 bits per heavy atom. The molecule has 0 saturated heterocycles. The Kier molecular flexibility index (Phi) is 3.30. The van der Waals surface area contributed by atoms with E-state index < -0.39 is 0 Å². The maximum Gasteiger partial charge on any atom is 0.0385 e. The molecule has 2 aromatic carbocycles. The van der Waals surface area contributed by atoms with Crippen LogP contribution < -0.4 is 5.32 Å². The first kappa shape index (κ1) is 10.1. The molecule has 0 spiro atoms. The normalized spacial score (nSPS) is 9.93. The van der Waals surface area contributed by atoms with Gasteiger partial charge in [0, 0.05) is 16.3 Å². The second-order valence-electron chi connectivity index (χ2n) is 3.22. The minimum Gasteiger partial charge on any atom is -0.356 e. The Hall–Kier alpha value is -1.41. The third-order valence-electron chi connectivity index (χ3n) is 2.15. The van der Waals surface area contributed by atoms with Gasteiger partial charge in [-0.25, -0.2) is 0 Å². The lowest BCUT2D eigenvalue weighted by Crippen LogP contribution is -1.88.